The average molecular weight is 233 g/mol. The maximum atomic E-state index is 10.6. The van der Waals surface area contributed by atoms with Gasteiger partial charge in [0.1, 0.15) is 11.9 Å². The lowest BCUT2D eigenvalue weighted by Gasteiger charge is -2.15. The second kappa shape index (κ2) is 4.39. The van der Waals surface area contributed by atoms with Crippen molar-refractivity contribution in [2.75, 3.05) is 5.73 Å². The Kier molecular flexibility index (Phi) is 3.40. The average Bonchev–Trinajstić information content (AvgIpc) is 2.15. The van der Waals surface area contributed by atoms with Crippen molar-refractivity contribution in [2.45, 2.75) is 12.2 Å². The van der Waals surface area contributed by atoms with E-state index < -0.39 is 18.1 Å². The van der Waals surface area contributed by atoms with Crippen LogP contribution in [0.4, 0.5) is 5.82 Å². The van der Waals surface area contributed by atoms with Gasteiger partial charge in [0.15, 0.2) is 6.10 Å². The van der Waals surface area contributed by atoms with Gasteiger partial charge >= 0.3 is 0 Å². The van der Waals surface area contributed by atoms with Crippen molar-refractivity contribution in [3.8, 4) is 0 Å². The summed E-state index contributed by atoms with van der Waals surface area (Å²) in [6.07, 6.45) is -2.22. The largest absolute Gasteiger partial charge is 0.385 e. The number of hydrogen-bond acceptors (Lipinski definition) is 6. The third-order valence-corrected chi connectivity index (χ3v) is 1.91. The van der Waals surface area contributed by atoms with Crippen LogP contribution in [0.5, 0.6) is 0 Å². The van der Waals surface area contributed by atoms with Gasteiger partial charge in [-0.1, -0.05) is 0 Å². The summed E-state index contributed by atoms with van der Waals surface area (Å²) in [4.78, 5) is 17.7. The highest BCUT2D eigenvalue weighted by Gasteiger charge is 2.26. The first kappa shape index (κ1) is 11.6. The topological polar surface area (TPSA) is 135 Å². The number of carbonyl (C=O) groups is 1. The molecular formula is C7H9ClN4O3. The van der Waals surface area contributed by atoms with Crippen LogP contribution in [-0.4, -0.2) is 32.2 Å². The van der Waals surface area contributed by atoms with E-state index in [0.29, 0.717) is 0 Å². The van der Waals surface area contributed by atoms with Crippen molar-refractivity contribution >= 4 is 23.3 Å². The zero-order chi connectivity index (χ0) is 11.6. The molecule has 6 N–H and O–H groups in total. The van der Waals surface area contributed by atoms with Crippen LogP contribution in [0.3, 0.4) is 0 Å². The molecule has 0 spiro atoms. The Morgan fingerprint density at radius 1 is 1.53 bits per heavy atom. The SMILES string of the molecule is NC(=O)C(O)C(O)c1cnc(Cl)nc1N. The number of aliphatic hydroxyl groups is 2. The van der Waals surface area contributed by atoms with Gasteiger partial charge in [-0.3, -0.25) is 4.79 Å². The first-order chi connectivity index (χ1) is 6.93. The second-order valence-corrected chi connectivity index (χ2v) is 3.11. The van der Waals surface area contributed by atoms with Gasteiger partial charge < -0.3 is 21.7 Å². The third kappa shape index (κ3) is 2.52. The molecule has 2 atom stereocenters. The number of rotatable bonds is 3. The molecule has 1 aromatic rings. The highest BCUT2D eigenvalue weighted by Crippen LogP contribution is 2.21. The monoisotopic (exact) mass is 232 g/mol. The summed E-state index contributed by atoms with van der Waals surface area (Å²) < 4.78 is 0. The quantitative estimate of drug-likeness (QED) is 0.473. The number of aromatic nitrogens is 2. The van der Waals surface area contributed by atoms with Crippen molar-refractivity contribution in [3.63, 3.8) is 0 Å². The number of halogens is 1. The summed E-state index contributed by atoms with van der Waals surface area (Å²) in [5.74, 6) is -1.19. The van der Waals surface area contributed by atoms with Crippen LogP contribution in [0.15, 0.2) is 6.20 Å². The van der Waals surface area contributed by atoms with Crippen molar-refractivity contribution in [3.05, 3.63) is 17.0 Å². The molecule has 0 saturated heterocycles. The number of anilines is 1. The second-order valence-electron chi connectivity index (χ2n) is 2.77. The van der Waals surface area contributed by atoms with E-state index in [1.165, 1.54) is 0 Å². The van der Waals surface area contributed by atoms with Crippen molar-refractivity contribution in [1.82, 2.24) is 9.97 Å². The molecule has 0 aliphatic carbocycles. The molecule has 15 heavy (non-hydrogen) atoms. The Morgan fingerprint density at radius 3 is 2.60 bits per heavy atom. The van der Waals surface area contributed by atoms with Gasteiger partial charge in [-0.05, 0) is 11.6 Å². The number of amides is 1. The lowest BCUT2D eigenvalue weighted by molar-refractivity contribution is -0.131. The van der Waals surface area contributed by atoms with Gasteiger partial charge in [0.2, 0.25) is 11.2 Å². The Balaban J connectivity index is 3.01. The lowest BCUT2D eigenvalue weighted by atomic mass is 10.1. The fourth-order valence-corrected chi connectivity index (χ4v) is 1.08. The molecule has 1 rings (SSSR count). The number of hydrogen-bond donors (Lipinski definition) is 4. The van der Waals surface area contributed by atoms with E-state index in [0.717, 1.165) is 6.20 Å². The predicted molar refractivity (Wildman–Crippen MR) is 51.6 cm³/mol. The van der Waals surface area contributed by atoms with Gasteiger partial charge in [0.05, 0.1) is 0 Å². The van der Waals surface area contributed by atoms with Gasteiger partial charge in [-0.2, -0.15) is 0 Å². The molecule has 0 saturated carbocycles. The highest BCUT2D eigenvalue weighted by molar-refractivity contribution is 6.28. The fraction of sp³-hybridized carbons (Fsp3) is 0.286. The minimum absolute atomic E-state index is 0.00861. The zero-order valence-corrected chi connectivity index (χ0v) is 8.22. The number of nitrogens with zero attached hydrogens (tertiary/aromatic N) is 2. The molecule has 0 radical (unpaired) electrons. The lowest BCUT2D eigenvalue weighted by Crippen LogP contribution is -2.34. The standard InChI is InChI=1S/C7H9ClN4O3/c8-7-11-1-2(5(9)12-7)3(13)4(14)6(10)15/h1,3-4,13-14H,(H2,10,15)(H2,9,11,12). The number of primary amides is 1. The maximum absolute atomic E-state index is 10.6. The Morgan fingerprint density at radius 2 is 2.13 bits per heavy atom. The van der Waals surface area contributed by atoms with E-state index in [4.69, 9.17) is 23.1 Å². The molecule has 82 valence electrons. The van der Waals surface area contributed by atoms with Crippen LogP contribution < -0.4 is 11.5 Å². The van der Waals surface area contributed by atoms with Crippen molar-refractivity contribution in [2.24, 2.45) is 5.73 Å². The molecule has 0 bridgehead atoms. The molecule has 0 aliphatic rings. The Hall–Kier alpha value is -1.44. The normalized spacial score (nSPS) is 14.6. The minimum atomic E-state index is -1.77. The molecule has 7 nitrogen and oxygen atoms in total. The molecule has 1 amide bonds. The molecule has 8 heteroatoms. The number of nitrogen functional groups attached to an aromatic ring is 1. The summed E-state index contributed by atoms with van der Waals surface area (Å²) >= 11 is 5.43. The zero-order valence-electron chi connectivity index (χ0n) is 7.46. The third-order valence-electron chi connectivity index (χ3n) is 1.73. The van der Waals surface area contributed by atoms with Gasteiger partial charge in [-0.15, -0.1) is 0 Å². The fourth-order valence-electron chi connectivity index (χ4n) is 0.935. The summed E-state index contributed by atoms with van der Waals surface area (Å²) in [6.45, 7) is 0. The van der Waals surface area contributed by atoms with Crippen LogP contribution >= 0.6 is 11.6 Å². The Labute approximate surface area is 89.7 Å². The van der Waals surface area contributed by atoms with Crippen molar-refractivity contribution in [1.29, 1.82) is 0 Å². The van der Waals surface area contributed by atoms with E-state index in [1.807, 2.05) is 0 Å². The van der Waals surface area contributed by atoms with Crippen LogP contribution in [0.25, 0.3) is 0 Å². The molecular weight excluding hydrogens is 224 g/mol. The smallest absolute Gasteiger partial charge is 0.249 e. The van der Waals surface area contributed by atoms with E-state index in [-0.39, 0.29) is 16.7 Å². The first-order valence-corrected chi connectivity index (χ1v) is 4.24. The maximum Gasteiger partial charge on any atom is 0.249 e. The molecule has 0 aromatic carbocycles. The number of aliphatic hydroxyl groups excluding tert-OH is 2. The van der Waals surface area contributed by atoms with Crippen LogP contribution in [-0.2, 0) is 4.79 Å². The van der Waals surface area contributed by atoms with Crippen LogP contribution in [0.1, 0.15) is 11.7 Å². The summed E-state index contributed by atoms with van der Waals surface area (Å²) in [7, 11) is 0. The summed E-state index contributed by atoms with van der Waals surface area (Å²) in [5, 5.41) is 18.6. The molecule has 1 heterocycles. The van der Waals surface area contributed by atoms with E-state index in [2.05, 4.69) is 9.97 Å². The molecule has 2 unspecified atom stereocenters. The number of nitrogens with two attached hydrogens (primary N) is 2. The summed E-state index contributed by atoms with van der Waals surface area (Å²) in [6, 6.07) is 0. The highest BCUT2D eigenvalue weighted by atomic mass is 35.5. The number of carbonyl (C=O) groups excluding carboxylic acids is 1. The molecule has 0 aliphatic heterocycles. The van der Waals surface area contributed by atoms with Gasteiger partial charge in [-0.25, -0.2) is 9.97 Å². The predicted octanol–water partition coefficient (Wildman–Crippen LogP) is -1.41. The molecule has 1 aromatic heterocycles. The van der Waals surface area contributed by atoms with Crippen molar-refractivity contribution < 1.29 is 15.0 Å². The van der Waals surface area contributed by atoms with Gasteiger partial charge in [0.25, 0.3) is 0 Å². The Bertz CT molecular complexity index is 386. The van der Waals surface area contributed by atoms with E-state index in [1.54, 1.807) is 0 Å². The molecule has 0 fully saturated rings. The van der Waals surface area contributed by atoms with Gasteiger partial charge in [0, 0.05) is 11.8 Å². The summed E-state index contributed by atoms with van der Waals surface area (Å²) in [5.41, 5.74) is 10.2. The van der Waals surface area contributed by atoms with E-state index >= 15 is 0 Å². The van der Waals surface area contributed by atoms with Crippen LogP contribution in [0.2, 0.25) is 5.28 Å². The minimum Gasteiger partial charge on any atom is -0.385 e. The van der Waals surface area contributed by atoms with Crippen LogP contribution in [0, 0.1) is 0 Å². The van der Waals surface area contributed by atoms with E-state index in [9.17, 15) is 15.0 Å². The first-order valence-electron chi connectivity index (χ1n) is 3.87.